The SMILES string of the molecule is C[C@@H]1[C@@H](C)CCC[C@@H](C2OCC(N(C)C)CO2)[C@@H]2CC[C@H]2CN2CCCCc3cc(Cl)ccc3COc3ccc(cc32)C(=O)NS1(=O)=O. The van der Waals surface area contributed by atoms with Gasteiger partial charge in [0, 0.05) is 29.6 Å². The predicted octanol–water partition coefficient (Wildman–Crippen LogP) is 6.28. The summed E-state index contributed by atoms with van der Waals surface area (Å²) < 4.78 is 48.7. The molecule has 48 heavy (non-hydrogen) atoms. The number of likely N-dealkylation sites (N-methyl/N-ethyl adjacent to an activating group) is 1. The fourth-order valence-corrected chi connectivity index (χ4v) is 9.35. The van der Waals surface area contributed by atoms with Crippen LogP contribution >= 0.6 is 11.6 Å². The van der Waals surface area contributed by atoms with Gasteiger partial charge in [0.25, 0.3) is 5.91 Å². The molecule has 1 aliphatic carbocycles. The molecule has 1 N–H and O–H groups in total. The Balaban J connectivity index is 1.35. The Kier molecular flexibility index (Phi) is 11.3. The lowest BCUT2D eigenvalue weighted by Gasteiger charge is -2.48. The molecule has 0 radical (unpaired) electrons. The van der Waals surface area contributed by atoms with Crippen LogP contribution < -0.4 is 14.4 Å². The molecule has 3 aliphatic heterocycles. The third-order valence-electron chi connectivity index (χ3n) is 11.4. The number of anilines is 1. The van der Waals surface area contributed by atoms with Crippen LogP contribution in [0.3, 0.4) is 0 Å². The summed E-state index contributed by atoms with van der Waals surface area (Å²) in [5, 5.41) is -0.00120. The van der Waals surface area contributed by atoms with Gasteiger partial charge in [-0.2, -0.15) is 0 Å². The molecule has 1 amide bonds. The van der Waals surface area contributed by atoms with Crippen molar-refractivity contribution < 1.29 is 27.4 Å². The summed E-state index contributed by atoms with van der Waals surface area (Å²) in [4.78, 5) is 18.0. The van der Waals surface area contributed by atoms with Gasteiger partial charge in [-0.3, -0.25) is 4.79 Å². The van der Waals surface area contributed by atoms with E-state index in [0.717, 1.165) is 80.7 Å². The molecule has 2 bridgehead atoms. The number of sulfonamides is 1. The minimum Gasteiger partial charge on any atom is -0.487 e. The van der Waals surface area contributed by atoms with Crippen LogP contribution in [0.4, 0.5) is 5.69 Å². The van der Waals surface area contributed by atoms with E-state index in [9.17, 15) is 13.2 Å². The monoisotopic (exact) mass is 701 g/mol. The number of fused-ring (bicyclic) bond motifs is 3. The Morgan fingerprint density at radius 1 is 0.917 bits per heavy atom. The van der Waals surface area contributed by atoms with Gasteiger partial charge in [0.1, 0.15) is 12.4 Å². The quantitative estimate of drug-likeness (QED) is 0.391. The molecule has 4 aliphatic rings. The van der Waals surface area contributed by atoms with Crippen LogP contribution in [0.15, 0.2) is 36.4 Å². The van der Waals surface area contributed by atoms with E-state index in [0.29, 0.717) is 43.0 Å². The Hall–Kier alpha value is -2.37. The molecule has 2 aromatic rings. The minimum atomic E-state index is -3.90. The molecule has 6 rings (SSSR count). The molecule has 264 valence electrons. The molecule has 5 atom stereocenters. The van der Waals surface area contributed by atoms with Gasteiger partial charge in [-0.15, -0.1) is 0 Å². The lowest BCUT2D eigenvalue weighted by molar-refractivity contribution is -0.240. The fraction of sp³-hybridized carbons (Fsp3) is 0.649. The van der Waals surface area contributed by atoms with Crippen LogP contribution in [0.2, 0.25) is 5.02 Å². The average Bonchev–Trinajstić information content (AvgIpc) is 3.08. The Bertz CT molecular complexity index is 1550. The number of nitrogens with zero attached hydrogens (tertiary/aromatic N) is 2. The predicted molar refractivity (Wildman–Crippen MR) is 189 cm³/mol. The second-order valence-corrected chi connectivity index (χ2v) is 17.2. The van der Waals surface area contributed by atoms with Crippen LogP contribution in [0.25, 0.3) is 0 Å². The maximum atomic E-state index is 13.5. The van der Waals surface area contributed by atoms with Crippen molar-refractivity contribution in [2.45, 2.75) is 89.4 Å². The van der Waals surface area contributed by atoms with E-state index in [1.165, 1.54) is 5.56 Å². The molecule has 0 aromatic heterocycles. The molecule has 9 nitrogen and oxygen atoms in total. The zero-order chi connectivity index (χ0) is 34.0. The van der Waals surface area contributed by atoms with Gasteiger partial charge in [0.05, 0.1) is 30.2 Å². The average molecular weight is 702 g/mol. The van der Waals surface area contributed by atoms with Crippen LogP contribution in [-0.4, -0.2) is 77.2 Å². The van der Waals surface area contributed by atoms with E-state index in [1.807, 2.05) is 37.3 Å². The zero-order valence-electron chi connectivity index (χ0n) is 28.8. The second-order valence-electron chi connectivity index (χ2n) is 14.7. The Morgan fingerprint density at radius 3 is 2.44 bits per heavy atom. The van der Waals surface area contributed by atoms with Crippen molar-refractivity contribution in [2.75, 3.05) is 45.3 Å². The highest BCUT2D eigenvalue weighted by atomic mass is 35.5. The van der Waals surface area contributed by atoms with Gasteiger partial charge in [0.15, 0.2) is 6.29 Å². The number of halogens is 1. The number of ether oxygens (including phenoxy) is 3. The summed E-state index contributed by atoms with van der Waals surface area (Å²) in [6, 6.07) is 11.5. The first-order chi connectivity index (χ1) is 23.0. The van der Waals surface area contributed by atoms with Crippen LogP contribution in [0, 0.1) is 23.7 Å². The van der Waals surface area contributed by atoms with Gasteiger partial charge < -0.3 is 24.0 Å². The summed E-state index contributed by atoms with van der Waals surface area (Å²) in [6.45, 7) is 6.94. The number of amides is 1. The van der Waals surface area contributed by atoms with Crippen molar-refractivity contribution in [3.63, 3.8) is 0 Å². The van der Waals surface area contributed by atoms with Gasteiger partial charge in [-0.25, -0.2) is 13.1 Å². The van der Waals surface area contributed by atoms with Gasteiger partial charge in [-0.1, -0.05) is 31.0 Å². The first kappa shape index (κ1) is 35.5. The third kappa shape index (κ3) is 7.99. The van der Waals surface area contributed by atoms with E-state index in [2.05, 4.69) is 28.6 Å². The van der Waals surface area contributed by atoms with Gasteiger partial charge in [-0.05, 0) is 125 Å². The molecule has 0 spiro atoms. The molecule has 1 saturated heterocycles. The Morgan fingerprint density at radius 2 is 1.71 bits per heavy atom. The first-order valence-electron chi connectivity index (χ1n) is 17.7. The summed E-state index contributed by atoms with van der Waals surface area (Å²) in [5.41, 5.74) is 3.42. The van der Waals surface area contributed by atoms with Gasteiger partial charge >= 0.3 is 0 Å². The van der Waals surface area contributed by atoms with Crippen molar-refractivity contribution in [1.29, 1.82) is 0 Å². The number of carbonyl (C=O) groups is 1. The molecular formula is C37H52ClN3O6S. The van der Waals surface area contributed by atoms with Crippen molar-refractivity contribution >= 4 is 33.2 Å². The van der Waals surface area contributed by atoms with Crippen molar-refractivity contribution in [3.05, 3.63) is 58.1 Å². The van der Waals surface area contributed by atoms with Crippen molar-refractivity contribution in [1.82, 2.24) is 9.62 Å². The maximum absolute atomic E-state index is 13.5. The van der Waals surface area contributed by atoms with E-state index in [-0.39, 0.29) is 24.2 Å². The summed E-state index contributed by atoms with van der Waals surface area (Å²) in [7, 11) is 0.212. The lowest BCUT2D eigenvalue weighted by atomic mass is 9.65. The lowest BCUT2D eigenvalue weighted by Crippen LogP contribution is -2.50. The zero-order valence-corrected chi connectivity index (χ0v) is 30.4. The largest absolute Gasteiger partial charge is 0.487 e. The highest BCUT2D eigenvalue weighted by Gasteiger charge is 2.44. The van der Waals surface area contributed by atoms with Crippen molar-refractivity contribution in [2.24, 2.45) is 23.7 Å². The first-order valence-corrected chi connectivity index (χ1v) is 19.7. The van der Waals surface area contributed by atoms with E-state index < -0.39 is 21.2 Å². The molecule has 3 heterocycles. The van der Waals surface area contributed by atoms with Crippen LogP contribution in [-0.2, 0) is 32.5 Å². The molecule has 2 fully saturated rings. The summed E-state index contributed by atoms with van der Waals surface area (Å²) >= 11 is 6.37. The highest BCUT2D eigenvalue weighted by molar-refractivity contribution is 7.90. The highest BCUT2D eigenvalue weighted by Crippen LogP contribution is 2.46. The number of hydrogen-bond donors (Lipinski definition) is 1. The number of aryl methyl sites for hydroxylation is 1. The number of benzene rings is 2. The molecule has 2 aromatic carbocycles. The second kappa shape index (κ2) is 15.3. The van der Waals surface area contributed by atoms with E-state index >= 15 is 0 Å². The fourth-order valence-electron chi connectivity index (χ4n) is 7.85. The maximum Gasteiger partial charge on any atom is 0.264 e. The number of rotatable bonds is 2. The number of hydrogen-bond acceptors (Lipinski definition) is 8. The molecule has 11 heteroatoms. The third-order valence-corrected chi connectivity index (χ3v) is 13.6. The Labute approximate surface area is 291 Å². The standard InChI is InChI=1S/C37H52ClN3O6S/c1-24-8-7-10-33(37-46-22-31(23-47-37)40(3)4)32-15-12-28(32)20-41-17-6-5-9-26-18-30(38)14-11-29(26)21-45-35-16-13-27(19-34(35)41)36(42)39-48(43,44)25(24)2/h11,13-14,16,18-19,24-25,28,31-33,37H,5-10,12,15,17,20-23H2,1-4H3,(H,39,42)/t24-,25+,28-,31?,32+,33+,37?/m0/s1. The molecule has 0 unspecified atom stereocenters. The summed E-state index contributed by atoms with van der Waals surface area (Å²) in [6.07, 6.45) is 7.34. The molecule has 1 saturated carbocycles. The van der Waals surface area contributed by atoms with Crippen LogP contribution in [0.5, 0.6) is 5.75 Å². The topological polar surface area (TPSA) is 97.4 Å². The van der Waals surface area contributed by atoms with E-state index in [4.69, 9.17) is 25.8 Å². The molecular weight excluding hydrogens is 650 g/mol. The van der Waals surface area contributed by atoms with Gasteiger partial charge in [0.2, 0.25) is 10.0 Å². The minimum absolute atomic E-state index is 0.124. The van der Waals surface area contributed by atoms with Crippen molar-refractivity contribution in [3.8, 4) is 5.75 Å². The van der Waals surface area contributed by atoms with Crippen LogP contribution in [0.1, 0.15) is 80.3 Å². The summed E-state index contributed by atoms with van der Waals surface area (Å²) in [5.74, 6) is 1.04. The van der Waals surface area contributed by atoms with E-state index in [1.54, 1.807) is 13.0 Å². The number of nitrogens with one attached hydrogen (secondary N) is 1. The smallest absolute Gasteiger partial charge is 0.264 e. The normalized spacial score (nSPS) is 31.7. The number of carbonyl (C=O) groups excluding carboxylic acids is 1.